The Morgan fingerprint density at radius 2 is 2.38 bits per heavy atom. The van der Waals surface area contributed by atoms with Gasteiger partial charge >= 0.3 is 0 Å². The highest BCUT2D eigenvalue weighted by Crippen LogP contribution is 2.35. The SMILES string of the molecule is Cn1ccc(CNC2CCCC(C)(C)C2)n1. The smallest absolute Gasteiger partial charge is 0.0762 e. The van der Waals surface area contributed by atoms with E-state index in [0.717, 1.165) is 12.2 Å². The molecule has 0 saturated heterocycles. The van der Waals surface area contributed by atoms with Gasteiger partial charge in [-0.15, -0.1) is 0 Å². The molecule has 1 unspecified atom stereocenters. The van der Waals surface area contributed by atoms with Crippen molar-refractivity contribution in [2.45, 2.75) is 52.1 Å². The van der Waals surface area contributed by atoms with Crippen molar-refractivity contribution in [1.82, 2.24) is 15.1 Å². The molecule has 0 aliphatic heterocycles. The van der Waals surface area contributed by atoms with Crippen LogP contribution in [0.1, 0.15) is 45.2 Å². The molecule has 1 aliphatic carbocycles. The molecule has 16 heavy (non-hydrogen) atoms. The van der Waals surface area contributed by atoms with Crippen LogP contribution in [0.4, 0.5) is 0 Å². The van der Waals surface area contributed by atoms with E-state index in [2.05, 4.69) is 30.3 Å². The Balaban J connectivity index is 1.82. The first kappa shape index (κ1) is 11.6. The van der Waals surface area contributed by atoms with E-state index in [1.54, 1.807) is 0 Å². The van der Waals surface area contributed by atoms with Crippen LogP contribution >= 0.6 is 0 Å². The van der Waals surface area contributed by atoms with E-state index in [1.807, 2.05) is 17.9 Å². The molecule has 1 fully saturated rings. The highest BCUT2D eigenvalue weighted by molar-refractivity contribution is 4.98. The van der Waals surface area contributed by atoms with Crippen molar-refractivity contribution >= 4 is 0 Å². The molecule has 1 aromatic heterocycles. The van der Waals surface area contributed by atoms with Gasteiger partial charge in [-0.2, -0.15) is 5.10 Å². The minimum absolute atomic E-state index is 0.514. The van der Waals surface area contributed by atoms with Gasteiger partial charge in [-0.3, -0.25) is 4.68 Å². The largest absolute Gasteiger partial charge is 0.308 e. The predicted molar refractivity (Wildman–Crippen MR) is 66.1 cm³/mol. The topological polar surface area (TPSA) is 29.9 Å². The van der Waals surface area contributed by atoms with Gasteiger partial charge in [0.15, 0.2) is 0 Å². The first-order chi connectivity index (χ1) is 7.55. The molecule has 1 heterocycles. The molecule has 0 radical (unpaired) electrons. The van der Waals surface area contributed by atoms with Crippen LogP contribution in [0.25, 0.3) is 0 Å². The van der Waals surface area contributed by atoms with Crippen LogP contribution < -0.4 is 5.32 Å². The molecule has 0 bridgehead atoms. The van der Waals surface area contributed by atoms with E-state index >= 15 is 0 Å². The third kappa shape index (κ3) is 3.08. The third-order valence-corrected chi connectivity index (χ3v) is 3.55. The molecule has 2 rings (SSSR count). The van der Waals surface area contributed by atoms with Gasteiger partial charge in [0.1, 0.15) is 0 Å². The Kier molecular flexibility index (Phi) is 3.33. The van der Waals surface area contributed by atoms with E-state index < -0.39 is 0 Å². The van der Waals surface area contributed by atoms with E-state index in [1.165, 1.54) is 25.7 Å². The first-order valence-corrected chi connectivity index (χ1v) is 6.27. The van der Waals surface area contributed by atoms with Gasteiger partial charge in [0.05, 0.1) is 5.69 Å². The first-order valence-electron chi connectivity index (χ1n) is 6.27. The van der Waals surface area contributed by atoms with Crippen molar-refractivity contribution < 1.29 is 0 Å². The lowest BCUT2D eigenvalue weighted by molar-refractivity contribution is 0.197. The standard InChI is InChI=1S/C13H23N3/c1-13(2)7-4-5-11(9-13)14-10-12-6-8-16(3)15-12/h6,8,11,14H,4-5,7,9-10H2,1-3H3. The lowest BCUT2D eigenvalue weighted by Gasteiger charge is -2.35. The summed E-state index contributed by atoms with van der Waals surface area (Å²) in [6.45, 7) is 5.66. The van der Waals surface area contributed by atoms with Gasteiger partial charge in [-0.25, -0.2) is 0 Å². The molecular weight excluding hydrogens is 198 g/mol. The van der Waals surface area contributed by atoms with Gasteiger partial charge in [0.2, 0.25) is 0 Å². The lowest BCUT2D eigenvalue weighted by Crippen LogP contribution is -2.36. The van der Waals surface area contributed by atoms with E-state index in [4.69, 9.17) is 0 Å². The zero-order valence-electron chi connectivity index (χ0n) is 10.7. The average molecular weight is 221 g/mol. The Hall–Kier alpha value is -0.830. The fourth-order valence-corrected chi connectivity index (χ4v) is 2.68. The molecule has 1 N–H and O–H groups in total. The lowest BCUT2D eigenvalue weighted by atomic mass is 9.75. The second kappa shape index (κ2) is 4.58. The average Bonchev–Trinajstić information content (AvgIpc) is 2.60. The van der Waals surface area contributed by atoms with Crippen molar-refractivity contribution in [1.29, 1.82) is 0 Å². The summed E-state index contributed by atoms with van der Waals surface area (Å²) in [6.07, 6.45) is 7.33. The minimum Gasteiger partial charge on any atom is -0.308 e. The van der Waals surface area contributed by atoms with Crippen LogP contribution in [0.5, 0.6) is 0 Å². The number of rotatable bonds is 3. The van der Waals surface area contributed by atoms with Gasteiger partial charge in [0.25, 0.3) is 0 Å². The number of nitrogens with zero attached hydrogens (tertiary/aromatic N) is 2. The molecule has 1 saturated carbocycles. The molecule has 1 atom stereocenters. The van der Waals surface area contributed by atoms with E-state index in [-0.39, 0.29) is 0 Å². The summed E-state index contributed by atoms with van der Waals surface area (Å²) in [4.78, 5) is 0. The maximum absolute atomic E-state index is 4.39. The monoisotopic (exact) mass is 221 g/mol. The maximum atomic E-state index is 4.39. The van der Waals surface area contributed by atoms with Gasteiger partial charge < -0.3 is 5.32 Å². The van der Waals surface area contributed by atoms with Crippen LogP contribution in [-0.2, 0) is 13.6 Å². The number of nitrogens with one attached hydrogen (secondary N) is 1. The van der Waals surface area contributed by atoms with Crippen LogP contribution in [0.15, 0.2) is 12.3 Å². The van der Waals surface area contributed by atoms with Crippen LogP contribution in [0, 0.1) is 5.41 Å². The van der Waals surface area contributed by atoms with Crippen molar-refractivity contribution in [3.63, 3.8) is 0 Å². The highest BCUT2D eigenvalue weighted by Gasteiger charge is 2.27. The summed E-state index contributed by atoms with van der Waals surface area (Å²) in [5, 5.41) is 8.02. The van der Waals surface area contributed by atoms with E-state index in [9.17, 15) is 0 Å². The number of hydrogen-bond donors (Lipinski definition) is 1. The maximum Gasteiger partial charge on any atom is 0.0762 e. The third-order valence-electron chi connectivity index (χ3n) is 3.55. The second-order valence-corrected chi connectivity index (χ2v) is 5.82. The Morgan fingerprint density at radius 1 is 1.56 bits per heavy atom. The molecule has 1 aromatic rings. The summed E-state index contributed by atoms with van der Waals surface area (Å²) in [6, 6.07) is 2.76. The van der Waals surface area contributed by atoms with Crippen molar-refractivity contribution in [2.75, 3.05) is 0 Å². The number of aryl methyl sites for hydroxylation is 1. The van der Waals surface area contributed by atoms with Gasteiger partial charge in [-0.1, -0.05) is 20.3 Å². The molecular formula is C13H23N3. The highest BCUT2D eigenvalue weighted by atomic mass is 15.3. The zero-order valence-corrected chi connectivity index (χ0v) is 10.7. The summed E-state index contributed by atoms with van der Waals surface area (Å²) in [7, 11) is 1.97. The predicted octanol–water partition coefficient (Wildman–Crippen LogP) is 2.48. The van der Waals surface area contributed by atoms with E-state index in [0.29, 0.717) is 11.5 Å². The van der Waals surface area contributed by atoms with Crippen LogP contribution in [0.2, 0.25) is 0 Å². The molecule has 0 spiro atoms. The van der Waals surface area contributed by atoms with Crippen LogP contribution in [-0.4, -0.2) is 15.8 Å². The van der Waals surface area contributed by atoms with Crippen LogP contribution in [0.3, 0.4) is 0 Å². The quantitative estimate of drug-likeness (QED) is 0.850. The van der Waals surface area contributed by atoms with Crippen molar-refractivity contribution in [3.8, 4) is 0 Å². The summed E-state index contributed by atoms with van der Waals surface area (Å²) >= 11 is 0. The molecule has 3 nitrogen and oxygen atoms in total. The molecule has 0 aromatic carbocycles. The Morgan fingerprint density at radius 3 is 3.00 bits per heavy atom. The molecule has 0 amide bonds. The fraction of sp³-hybridized carbons (Fsp3) is 0.769. The Labute approximate surface area is 98.2 Å². The van der Waals surface area contributed by atoms with Gasteiger partial charge in [-0.05, 0) is 30.7 Å². The van der Waals surface area contributed by atoms with Gasteiger partial charge in [0, 0.05) is 25.8 Å². The Bertz CT molecular complexity index is 341. The summed E-state index contributed by atoms with van der Waals surface area (Å²) in [5.74, 6) is 0. The summed E-state index contributed by atoms with van der Waals surface area (Å²) < 4.78 is 1.86. The molecule has 1 aliphatic rings. The molecule has 3 heteroatoms. The second-order valence-electron chi connectivity index (χ2n) is 5.82. The zero-order chi connectivity index (χ0) is 11.6. The fourth-order valence-electron chi connectivity index (χ4n) is 2.68. The number of hydrogen-bond acceptors (Lipinski definition) is 2. The molecule has 90 valence electrons. The number of aromatic nitrogens is 2. The summed E-state index contributed by atoms with van der Waals surface area (Å²) in [5.41, 5.74) is 1.66. The van der Waals surface area contributed by atoms with Crippen molar-refractivity contribution in [3.05, 3.63) is 18.0 Å². The van der Waals surface area contributed by atoms with Crippen molar-refractivity contribution in [2.24, 2.45) is 12.5 Å². The normalized spacial score (nSPS) is 24.6. The minimum atomic E-state index is 0.514.